The first-order chi connectivity index (χ1) is 12.9. The number of benzene rings is 1. The lowest BCUT2D eigenvalue weighted by Crippen LogP contribution is -3.05. The fraction of sp³-hybridized carbons (Fsp3) is 0.350. The molecule has 2 heterocycles. The van der Waals surface area contributed by atoms with E-state index in [4.69, 9.17) is 16.0 Å². The molecule has 1 aliphatic heterocycles. The second kappa shape index (κ2) is 8.06. The van der Waals surface area contributed by atoms with Gasteiger partial charge >= 0.3 is 0 Å². The maximum absolute atomic E-state index is 12.9. The van der Waals surface area contributed by atoms with Crippen LogP contribution in [-0.4, -0.2) is 49.6 Å². The van der Waals surface area contributed by atoms with Crippen LogP contribution in [0.4, 0.5) is 0 Å². The number of ketones is 2. The molecule has 1 N–H and O–H groups in total. The van der Waals surface area contributed by atoms with Crippen LogP contribution in [0, 0.1) is 5.92 Å². The molecule has 27 heavy (non-hydrogen) atoms. The highest BCUT2D eigenvalue weighted by atomic mass is 35.5. The lowest BCUT2D eigenvalue weighted by atomic mass is 9.88. The van der Waals surface area contributed by atoms with Crippen LogP contribution in [0.25, 0.3) is 0 Å². The second-order valence-electron chi connectivity index (χ2n) is 6.99. The molecule has 3 rings (SSSR count). The lowest BCUT2D eigenvalue weighted by molar-refractivity contribution is -0.858. The van der Waals surface area contributed by atoms with Crippen LogP contribution in [0.15, 0.2) is 47.1 Å². The van der Waals surface area contributed by atoms with Gasteiger partial charge in [-0.1, -0.05) is 23.7 Å². The Hall–Kier alpha value is -2.44. The number of Topliss-reactive ketones (excluding diaryl/α,β-unsaturated/α-hetero) is 2. The van der Waals surface area contributed by atoms with Gasteiger partial charge in [0.15, 0.2) is 5.76 Å². The highest BCUT2D eigenvalue weighted by Gasteiger charge is 2.52. The Morgan fingerprint density at radius 1 is 1.19 bits per heavy atom. The molecule has 6 nitrogen and oxygen atoms in total. The Morgan fingerprint density at radius 2 is 1.89 bits per heavy atom. The SMILES string of the molecule is C[NH+](C)CCCN1C(=O)C(=O)C(C(=O)c2ccco2)C1c1ccc(Cl)cc1. The normalized spacial score (nSPS) is 19.9. The van der Waals surface area contributed by atoms with Crippen LogP contribution in [0.2, 0.25) is 5.02 Å². The molecule has 2 aromatic rings. The molecular weight excluding hydrogens is 368 g/mol. The summed E-state index contributed by atoms with van der Waals surface area (Å²) >= 11 is 5.98. The predicted octanol–water partition coefficient (Wildman–Crippen LogP) is 1.42. The van der Waals surface area contributed by atoms with Crippen molar-refractivity contribution in [1.82, 2.24) is 4.90 Å². The van der Waals surface area contributed by atoms with Crippen molar-refractivity contribution in [2.45, 2.75) is 12.5 Å². The first-order valence-electron chi connectivity index (χ1n) is 8.87. The van der Waals surface area contributed by atoms with Crippen LogP contribution < -0.4 is 4.90 Å². The van der Waals surface area contributed by atoms with Gasteiger partial charge in [-0.05, 0) is 29.8 Å². The van der Waals surface area contributed by atoms with Crippen molar-refractivity contribution in [2.75, 3.05) is 27.2 Å². The highest BCUT2D eigenvalue weighted by Crippen LogP contribution is 2.38. The smallest absolute Gasteiger partial charge is 0.291 e. The van der Waals surface area contributed by atoms with Crippen LogP contribution in [0.3, 0.4) is 0 Å². The van der Waals surface area contributed by atoms with E-state index < -0.39 is 29.4 Å². The van der Waals surface area contributed by atoms with Gasteiger partial charge in [0, 0.05) is 18.0 Å². The molecule has 1 aliphatic rings. The number of quaternary nitrogens is 1. The molecule has 1 saturated heterocycles. The Kier molecular flexibility index (Phi) is 5.77. The minimum Gasteiger partial charge on any atom is -0.461 e. The third-order valence-electron chi connectivity index (χ3n) is 4.74. The largest absolute Gasteiger partial charge is 0.461 e. The van der Waals surface area contributed by atoms with E-state index in [9.17, 15) is 14.4 Å². The van der Waals surface area contributed by atoms with Gasteiger partial charge in [-0.25, -0.2) is 0 Å². The standard InChI is InChI=1S/C20H21ClN2O4/c1-22(2)10-4-11-23-17(13-6-8-14(21)9-7-13)16(19(25)20(23)26)18(24)15-5-3-12-27-15/h3,5-9,12,16-17H,4,10-11H2,1-2H3/p+1. The van der Waals surface area contributed by atoms with Crippen LogP contribution in [0.5, 0.6) is 0 Å². The number of rotatable bonds is 7. The summed E-state index contributed by atoms with van der Waals surface area (Å²) in [6.07, 6.45) is 2.11. The van der Waals surface area contributed by atoms with Gasteiger partial charge in [-0.15, -0.1) is 0 Å². The molecule has 0 radical (unpaired) electrons. The Bertz CT molecular complexity index is 830. The molecule has 1 aromatic carbocycles. The third-order valence-corrected chi connectivity index (χ3v) is 4.99. The summed E-state index contributed by atoms with van der Waals surface area (Å²) in [7, 11) is 4.05. The zero-order chi connectivity index (χ0) is 19.6. The maximum Gasteiger partial charge on any atom is 0.291 e. The molecule has 1 fully saturated rings. The van der Waals surface area contributed by atoms with E-state index >= 15 is 0 Å². The molecule has 2 unspecified atom stereocenters. The molecule has 0 spiro atoms. The topological polar surface area (TPSA) is 72.0 Å². The molecule has 1 amide bonds. The predicted molar refractivity (Wildman–Crippen MR) is 99.7 cm³/mol. The summed E-state index contributed by atoms with van der Waals surface area (Å²) in [6, 6.07) is 9.34. The fourth-order valence-electron chi connectivity index (χ4n) is 3.43. The van der Waals surface area contributed by atoms with Crippen molar-refractivity contribution >= 4 is 29.1 Å². The maximum atomic E-state index is 12.9. The van der Waals surface area contributed by atoms with Crippen molar-refractivity contribution in [3.8, 4) is 0 Å². The van der Waals surface area contributed by atoms with E-state index in [0.717, 1.165) is 13.0 Å². The van der Waals surface area contributed by atoms with Crippen molar-refractivity contribution < 1.29 is 23.7 Å². The minimum atomic E-state index is -1.11. The van der Waals surface area contributed by atoms with E-state index in [0.29, 0.717) is 17.1 Å². The highest BCUT2D eigenvalue weighted by molar-refractivity contribution is 6.43. The Labute approximate surface area is 162 Å². The number of carbonyl (C=O) groups excluding carboxylic acids is 3. The van der Waals surface area contributed by atoms with Crippen molar-refractivity contribution in [2.24, 2.45) is 5.92 Å². The number of furan rings is 1. The monoisotopic (exact) mass is 389 g/mol. The van der Waals surface area contributed by atoms with Gasteiger partial charge in [-0.3, -0.25) is 14.4 Å². The van der Waals surface area contributed by atoms with E-state index in [1.165, 1.54) is 22.1 Å². The number of nitrogens with one attached hydrogen (secondary N) is 1. The summed E-state index contributed by atoms with van der Waals surface area (Å²) < 4.78 is 5.19. The zero-order valence-electron chi connectivity index (χ0n) is 15.3. The zero-order valence-corrected chi connectivity index (χ0v) is 16.0. The summed E-state index contributed by atoms with van der Waals surface area (Å²) in [6.45, 7) is 1.26. The van der Waals surface area contributed by atoms with E-state index in [1.54, 1.807) is 30.3 Å². The van der Waals surface area contributed by atoms with Crippen LogP contribution in [-0.2, 0) is 9.59 Å². The van der Waals surface area contributed by atoms with Gasteiger partial charge in [0.05, 0.1) is 32.9 Å². The molecular formula is C20H22ClN2O4+. The van der Waals surface area contributed by atoms with Crippen molar-refractivity contribution in [3.63, 3.8) is 0 Å². The molecule has 142 valence electrons. The van der Waals surface area contributed by atoms with Crippen molar-refractivity contribution in [1.29, 1.82) is 0 Å². The van der Waals surface area contributed by atoms with E-state index in [-0.39, 0.29) is 5.76 Å². The first kappa shape index (κ1) is 19.3. The number of hydrogen-bond acceptors (Lipinski definition) is 4. The lowest BCUT2D eigenvalue weighted by Gasteiger charge is -2.27. The third kappa shape index (κ3) is 3.96. The summed E-state index contributed by atoms with van der Waals surface area (Å²) in [5.41, 5.74) is 0.709. The first-order valence-corrected chi connectivity index (χ1v) is 9.25. The average Bonchev–Trinajstić information content (AvgIpc) is 3.25. The summed E-state index contributed by atoms with van der Waals surface area (Å²) in [5, 5.41) is 0.547. The molecule has 0 saturated carbocycles. The molecule has 0 bridgehead atoms. The van der Waals surface area contributed by atoms with Gasteiger partial charge < -0.3 is 14.2 Å². The van der Waals surface area contributed by atoms with E-state index in [1.807, 2.05) is 14.1 Å². The van der Waals surface area contributed by atoms with Crippen LogP contribution >= 0.6 is 11.6 Å². The average molecular weight is 390 g/mol. The van der Waals surface area contributed by atoms with E-state index in [2.05, 4.69) is 0 Å². The minimum absolute atomic E-state index is 0.0831. The Morgan fingerprint density at radius 3 is 2.48 bits per heavy atom. The fourth-order valence-corrected chi connectivity index (χ4v) is 3.56. The van der Waals surface area contributed by atoms with Gasteiger partial charge in [0.1, 0.15) is 5.92 Å². The molecule has 2 atom stereocenters. The summed E-state index contributed by atoms with van der Waals surface area (Å²) in [5.74, 6) is -2.81. The number of halogens is 1. The molecule has 0 aliphatic carbocycles. The Balaban J connectivity index is 1.96. The van der Waals surface area contributed by atoms with Gasteiger partial charge in [-0.2, -0.15) is 0 Å². The number of likely N-dealkylation sites (tertiary alicyclic amines) is 1. The molecule has 1 aromatic heterocycles. The quantitative estimate of drug-likeness (QED) is 0.441. The number of amides is 1. The second-order valence-corrected chi connectivity index (χ2v) is 7.43. The van der Waals surface area contributed by atoms with Gasteiger partial charge in [0.2, 0.25) is 11.6 Å². The molecule has 7 heteroatoms. The summed E-state index contributed by atoms with van der Waals surface area (Å²) in [4.78, 5) is 41.1. The van der Waals surface area contributed by atoms with Gasteiger partial charge in [0.25, 0.3) is 5.91 Å². The number of nitrogens with zero attached hydrogens (tertiary/aromatic N) is 1. The van der Waals surface area contributed by atoms with Crippen molar-refractivity contribution in [3.05, 3.63) is 59.0 Å². The number of hydrogen-bond donors (Lipinski definition) is 1. The van der Waals surface area contributed by atoms with Crippen LogP contribution in [0.1, 0.15) is 28.6 Å². The number of carbonyl (C=O) groups is 3.